The number of benzene rings is 12. The molecule has 12 aromatic carbocycles. The monoisotopic (exact) mass is 1100 g/mol. The van der Waals surface area contributed by atoms with Gasteiger partial charge in [0.15, 0.2) is 0 Å². The van der Waals surface area contributed by atoms with Crippen LogP contribution in [0.25, 0.3) is 175 Å². The van der Waals surface area contributed by atoms with Crippen molar-refractivity contribution in [3.63, 3.8) is 0 Å². The summed E-state index contributed by atoms with van der Waals surface area (Å²) < 4.78 is 10.0. The molecule has 7 aromatic heterocycles. The highest BCUT2D eigenvalue weighted by Gasteiger charge is 2.32. The Labute approximate surface area is 495 Å². The van der Waals surface area contributed by atoms with Gasteiger partial charge in [0.1, 0.15) is 5.65 Å². The van der Waals surface area contributed by atoms with Gasteiger partial charge >= 0.3 is 0 Å². The van der Waals surface area contributed by atoms with E-state index in [2.05, 4.69) is 296 Å². The largest absolute Gasteiger partial charge is 0.309 e. The fourth-order valence-corrected chi connectivity index (χ4v) is 15.5. The number of pyridine rings is 1. The lowest BCUT2D eigenvalue weighted by atomic mass is 9.83. The van der Waals surface area contributed by atoms with Crippen LogP contribution in [0.2, 0.25) is 0 Å². The Hall–Kier alpha value is -10.5. The predicted molar refractivity (Wildman–Crippen MR) is 366 cm³/mol. The molecule has 5 heteroatoms. The number of rotatable bonds is 4. The average Bonchev–Trinajstić information content (AvgIpc) is 1.51. The molecule has 0 bridgehead atoms. The molecule has 0 saturated carbocycles. The van der Waals surface area contributed by atoms with Crippen molar-refractivity contribution in [2.24, 2.45) is 0 Å². The second-order valence-electron chi connectivity index (χ2n) is 26.3. The average molecular weight is 1100 g/mol. The third-order valence-electron chi connectivity index (χ3n) is 19.5. The van der Waals surface area contributed by atoms with E-state index in [9.17, 15) is 0 Å². The van der Waals surface area contributed by atoms with E-state index in [1.807, 2.05) is 0 Å². The van der Waals surface area contributed by atoms with E-state index in [0.717, 1.165) is 22.5 Å². The van der Waals surface area contributed by atoms with Crippen molar-refractivity contribution < 1.29 is 0 Å². The third-order valence-corrected chi connectivity index (χ3v) is 19.5. The third kappa shape index (κ3) is 6.26. The standard InChI is InChI=1S/C81H57N5/c1-80(2,3)50-41-59(49-34-36-69-61(39-49)57-30-18-20-32-67(57)84(69)53-25-11-8-12-26-53)75-62(42-50)63-43-51(81(4,5)6)44-65-74-71-64-40-47-22-14-16-28-55(47)73-72-54-27-15-13-21-46(54)37-58(77(72)85(78(64)73)70(71)45-82-79(74)86(75)76(63)65)48-33-35-68-60(38-48)56-29-17-19-31-66(56)83(68)52-23-9-7-10-24-52/h7-45H,1-6H3. The van der Waals surface area contributed by atoms with Crippen molar-refractivity contribution in [3.05, 3.63) is 248 Å². The van der Waals surface area contributed by atoms with E-state index in [1.165, 1.54) is 164 Å². The zero-order valence-electron chi connectivity index (χ0n) is 48.8. The molecular formula is C81H57N5. The molecule has 0 amide bonds. The van der Waals surface area contributed by atoms with Crippen molar-refractivity contribution in [2.45, 2.75) is 52.4 Å². The van der Waals surface area contributed by atoms with Crippen molar-refractivity contribution >= 4 is 141 Å². The maximum Gasteiger partial charge on any atom is 0.146 e. The van der Waals surface area contributed by atoms with Gasteiger partial charge in [-0.15, -0.1) is 0 Å². The van der Waals surface area contributed by atoms with Crippen LogP contribution in [0.1, 0.15) is 52.7 Å². The Morgan fingerprint density at radius 2 is 0.744 bits per heavy atom. The molecule has 0 aliphatic carbocycles. The zero-order valence-corrected chi connectivity index (χ0v) is 48.8. The van der Waals surface area contributed by atoms with Crippen LogP contribution >= 0.6 is 0 Å². The van der Waals surface area contributed by atoms with E-state index >= 15 is 0 Å². The highest BCUT2D eigenvalue weighted by Crippen LogP contribution is 2.53. The molecule has 0 aliphatic rings. The van der Waals surface area contributed by atoms with Crippen molar-refractivity contribution in [3.8, 4) is 33.6 Å². The van der Waals surface area contributed by atoms with Crippen LogP contribution in [0.5, 0.6) is 0 Å². The molecule has 0 saturated heterocycles. The lowest BCUT2D eigenvalue weighted by Crippen LogP contribution is -2.11. The van der Waals surface area contributed by atoms with Gasteiger partial charge in [-0.1, -0.05) is 175 Å². The van der Waals surface area contributed by atoms with Crippen LogP contribution in [0.15, 0.2) is 237 Å². The number of fused-ring (bicyclic) bond motifs is 23. The molecule has 0 atom stereocenters. The van der Waals surface area contributed by atoms with Crippen LogP contribution in [0.4, 0.5) is 0 Å². The van der Waals surface area contributed by atoms with Gasteiger partial charge in [0.2, 0.25) is 0 Å². The normalized spacial score (nSPS) is 13.0. The van der Waals surface area contributed by atoms with Crippen LogP contribution < -0.4 is 0 Å². The van der Waals surface area contributed by atoms with E-state index in [0.29, 0.717) is 0 Å². The second kappa shape index (κ2) is 16.6. The lowest BCUT2D eigenvalue weighted by Gasteiger charge is -2.22. The first-order chi connectivity index (χ1) is 42.0. The summed E-state index contributed by atoms with van der Waals surface area (Å²) in [5, 5.41) is 20.0. The molecule has 86 heavy (non-hydrogen) atoms. The zero-order chi connectivity index (χ0) is 57.2. The summed E-state index contributed by atoms with van der Waals surface area (Å²) in [4.78, 5) is 5.85. The fourth-order valence-electron chi connectivity index (χ4n) is 15.5. The number of nitrogens with zero attached hydrogens (tertiary/aromatic N) is 5. The predicted octanol–water partition coefficient (Wildman–Crippen LogP) is 21.8. The first-order valence-electron chi connectivity index (χ1n) is 30.3. The molecule has 7 heterocycles. The summed E-state index contributed by atoms with van der Waals surface area (Å²) >= 11 is 0. The number of hydrogen-bond donors (Lipinski definition) is 0. The number of aromatic nitrogens is 5. The van der Waals surface area contributed by atoms with Gasteiger partial charge in [0, 0.05) is 87.1 Å². The summed E-state index contributed by atoms with van der Waals surface area (Å²) in [6, 6.07) is 86.7. The highest BCUT2D eigenvalue weighted by molar-refractivity contribution is 6.41. The number of para-hydroxylation sites is 4. The summed E-state index contributed by atoms with van der Waals surface area (Å²) in [7, 11) is 0. The number of hydrogen-bond acceptors (Lipinski definition) is 1. The molecule has 5 nitrogen and oxygen atoms in total. The van der Waals surface area contributed by atoms with Gasteiger partial charge in [0.05, 0.1) is 55.8 Å². The molecule has 0 unspecified atom stereocenters. The molecule has 19 aromatic rings. The Morgan fingerprint density at radius 3 is 1.33 bits per heavy atom. The summed E-state index contributed by atoms with van der Waals surface area (Å²) in [5.41, 5.74) is 21.2. The molecular weight excluding hydrogens is 1040 g/mol. The summed E-state index contributed by atoms with van der Waals surface area (Å²) in [5.74, 6) is 0. The van der Waals surface area contributed by atoms with E-state index in [-0.39, 0.29) is 10.8 Å². The molecule has 0 N–H and O–H groups in total. The van der Waals surface area contributed by atoms with Crippen molar-refractivity contribution in [1.82, 2.24) is 22.9 Å². The smallest absolute Gasteiger partial charge is 0.146 e. The van der Waals surface area contributed by atoms with Crippen LogP contribution in [0.3, 0.4) is 0 Å². The molecule has 0 radical (unpaired) electrons. The molecule has 19 rings (SSSR count). The topological polar surface area (TPSA) is 31.6 Å². The molecule has 0 spiro atoms. The SMILES string of the molecule is CC(C)(C)c1cc(-c2ccc3c(c2)c2ccccc2n3-c2ccccc2)c2c(c1)c1cc(C(C)(C)C)cc3c4c5c6cc7ccccc7c7c8c9ccccc9cc(-c9ccc%10c(c9)c9ccccc9n%10-c9ccccc9)c8n(c5cnc4n2c13)c67. The van der Waals surface area contributed by atoms with Gasteiger partial charge in [-0.2, -0.15) is 0 Å². The Kier molecular flexibility index (Phi) is 9.28. The van der Waals surface area contributed by atoms with Gasteiger partial charge < -0.3 is 13.5 Å². The molecule has 0 fully saturated rings. The summed E-state index contributed by atoms with van der Waals surface area (Å²) in [6.07, 6.45) is 2.22. The van der Waals surface area contributed by atoms with Crippen LogP contribution in [-0.4, -0.2) is 22.9 Å². The maximum absolute atomic E-state index is 5.85. The first kappa shape index (κ1) is 47.9. The Balaban J connectivity index is 0.968. The summed E-state index contributed by atoms with van der Waals surface area (Å²) in [6.45, 7) is 14.2. The Morgan fingerprint density at radius 1 is 0.291 bits per heavy atom. The first-order valence-corrected chi connectivity index (χ1v) is 30.3. The molecule has 406 valence electrons. The van der Waals surface area contributed by atoms with Crippen molar-refractivity contribution in [1.29, 1.82) is 0 Å². The van der Waals surface area contributed by atoms with Crippen molar-refractivity contribution in [2.75, 3.05) is 0 Å². The second-order valence-corrected chi connectivity index (χ2v) is 26.3. The lowest BCUT2D eigenvalue weighted by molar-refractivity contribution is 0.591. The van der Waals surface area contributed by atoms with Gasteiger partial charge in [0.25, 0.3) is 0 Å². The minimum Gasteiger partial charge on any atom is -0.309 e. The van der Waals surface area contributed by atoms with E-state index in [4.69, 9.17) is 4.98 Å². The fraction of sp³-hybridized carbons (Fsp3) is 0.0988. The van der Waals surface area contributed by atoms with Crippen LogP contribution in [0, 0.1) is 0 Å². The van der Waals surface area contributed by atoms with E-state index < -0.39 is 0 Å². The minimum atomic E-state index is -0.141. The van der Waals surface area contributed by atoms with Gasteiger partial charge in [-0.25, -0.2) is 4.98 Å². The quantitative estimate of drug-likeness (QED) is 0.173. The van der Waals surface area contributed by atoms with Crippen LogP contribution in [-0.2, 0) is 10.8 Å². The Bertz CT molecular complexity index is 6130. The van der Waals surface area contributed by atoms with E-state index in [1.54, 1.807) is 0 Å². The highest BCUT2D eigenvalue weighted by atomic mass is 15.0. The van der Waals surface area contributed by atoms with Gasteiger partial charge in [-0.3, -0.25) is 4.40 Å². The maximum atomic E-state index is 5.85. The minimum absolute atomic E-state index is 0.120. The molecule has 0 aliphatic heterocycles. The van der Waals surface area contributed by atoms with Gasteiger partial charge in [-0.05, 0) is 152 Å².